The highest BCUT2D eigenvalue weighted by molar-refractivity contribution is 5.46. The lowest BCUT2D eigenvalue weighted by molar-refractivity contribution is 0.952. The fraction of sp³-hybridized carbons (Fsp3) is 0.250. The van der Waals surface area contributed by atoms with Gasteiger partial charge in [-0.25, -0.2) is 9.97 Å². The van der Waals surface area contributed by atoms with Crippen LogP contribution in [-0.2, 0) is 6.54 Å². The van der Waals surface area contributed by atoms with Crippen LogP contribution in [0.2, 0.25) is 0 Å². The molecule has 0 bridgehead atoms. The fourth-order valence-corrected chi connectivity index (χ4v) is 1.46. The zero-order valence-electron chi connectivity index (χ0n) is 9.44. The summed E-state index contributed by atoms with van der Waals surface area (Å²) in [6.07, 6.45) is 3.56. The van der Waals surface area contributed by atoms with Gasteiger partial charge in [0, 0.05) is 12.4 Å². The molecule has 0 atom stereocenters. The Hall–Kier alpha value is -1.97. The topological polar surface area (TPSA) is 50.7 Å². The largest absolute Gasteiger partial charge is 0.378 e. The summed E-state index contributed by atoms with van der Waals surface area (Å²) in [6, 6.07) is 5.84. The predicted molar refractivity (Wildman–Crippen MR) is 63.1 cm³/mol. The number of hydrogen-bond donors (Lipinski definition) is 1. The van der Waals surface area contributed by atoms with E-state index in [4.69, 9.17) is 0 Å². The minimum atomic E-state index is 0.690. The van der Waals surface area contributed by atoms with Gasteiger partial charge in [-0.3, -0.25) is 4.98 Å². The Kier molecular flexibility index (Phi) is 3.10. The molecule has 0 saturated heterocycles. The molecule has 0 amide bonds. The van der Waals surface area contributed by atoms with E-state index in [0.29, 0.717) is 6.54 Å². The summed E-state index contributed by atoms with van der Waals surface area (Å²) in [4.78, 5) is 12.6. The van der Waals surface area contributed by atoms with E-state index in [0.717, 1.165) is 22.9 Å². The molecule has 4 heteroatoms. The van der Waals surface area contributed by atoms with Crippen LogP contribution >= 0.6 is 0 Å². The Morgan fingerprint density at radius 3 is 2.75 bits per heavy atom. The minimum Gasteiger partial charge on any atom is -0.378 e. The van der Waals surface area contributed by atoms with E-state index in [-0.39, 0.29) is 0 Å². The van der Waals surface area contributed by atoms with Crippen molar-refractivity contribution in [2.75, 3.05) is 5.32 Å². The lowest BCUT2D eigenvalue weighted by Crippen LogP contribution is -2.04. The molecule has 0 unspecified atom stereocenters. The van der Waals surface area contributed by atoms with Crippen molar-refractivity contribution in [1.29, 1.82) is 0 Å². The maximum atomic E-state index is 4.32. The molecule has 2 heterocycles. The Morgan fingerprint density at radius 1 is 1.12 bits per heavy atom. The smallest absolute Gasteiger partial charge is 0.125 e. The van der Waals surface area contributed by atoms with Crippen LogP contribution in [0.15, 0.2) is 30.6 Å². The number of pyridine rings is 1. The highest BCUT2D eigenvalue weighted by Gasteiger charge is 1.99. The first-order valence-corrected chi connectivity index (χ1v) is 5.20. The van der Waals surface area contributed by atoms with Crippen LogP contribution in [0, 0.1) is 13.8 Å². The number of nitrogens with one attached hydrogen (secondary N) is 1. The number of nitrogens with zero attached hydrogens (tertiary/aromatic N) is 3. The van der Waals surface area contributed by atoms with Crippen LogP contribution in [-0.4, -0.2) is 15.0 Å². The summed E-state index contributed by atoms with van der Waals surface area (Å²) in [7, 11) is 0. The molecule has 4 nitrogen and oxygen atoms in total. The van der Waals surface area contributed by atoms with Gasteiger partial charge in [0.15, 0.2) is 0 Å². The van der Waals surface area contributed by atoms with Gasteiger partial charge in [0.2, 0.25) is 0 Å². The molecule has 2 rings (SSSR count). The molecule has 0 fully saturated rings. The highest BCUT2D eigenvalue weighted by atomic mass is 14.9. The fourth-order valence-electron chi connectivity index (χ4n) is 1.46. The normalized spacial score (nSPS) is 10.1. The van der Waals surface area contributed by atoms with Gasteiger partial charge in [-0.05, 0) is 32.0 Å². The third kappa shape index (κ3) is 2.53. The Bertz CT molecular complexity index is 482. The van der Waals surface area contributed by atoms with Gasteiger partial charge in [0.25, 0.3) is 0 Å². The zero-order valence-corrected chi connectivity index (χ0v) is 9.44. The summed E-state index contributed by atoms with van der Waals surface area (Å²) in [5.74, 6) is 0.794. The van der Waals surface area contributed by atoms with Crippen LogP contribution in [0.3, 0.4) is 0 Å². The number of anilines is 1. The molecule has 16 heavy (non-hydrogen) atoms. The van der Waals surface area contributed by atoms with Crippen LogP contribution in [0.1, 0.15) is 17.2 Å². The van der Waals surface area contributed by atoms with Gasteiger partial charge < -0.3 is 5.32 Å². The third-order valence-electron chi connectivity index (χ3n) is 2.30. The quantitative estimate of drug-likeness (QED) is 0.850. The van der Waals surface area contributed by atoms with Crippen molar-refractivity contribution in [3.63, 3.8) is 0 Å². The summed E-state index contributed by atoms with van der Waals surface area (Å²) >= 11 is 0. The van der Waals surface area contributed by atoms with Crippen molar-refractivity contribution >= 4 is 5.69 Å². The lowest BCUT2D eigenvalue weighted by Gasteiger charge is -2.07. The van der Waals surface area contributed by atoms with Gasteiger partial charge in [-0.2, -0.15) is 0 Å². The van der Waals surface area contributed by atoms with Crippen molar-refractivity contribution < 1.29 is 0 Å². The number of aryl methyl sites for hydroxylation is 2. The van der Waals surface area contributed by atoms with Crippen LogP contribution in [0.5, 0.6) is 0 Å². The molecule has 0 aliphatic heterocycles. The van der Waals surface area contributed by atoms with Gasteiger partial charge in [-0.15, -0.1) is 0 Å². The van der Waals surface area contributed by atoms with Crippen molar-refractivity contribution in [1.82, 2.24) is 15.0 Å². The van der Waals surface area contributed by atoms with Crippen molar-refractivity contribution in [3.05, 3.63) is 47.8 Å². The van der Waals surface area contributed by atoms with E-state index >= 15 is 0 Å². The highest BCUT2D eigenvalue weighted by Crippen LogP contribution is 2.11. The monoisotopic (exact) mass is 214 g/mol. The second kappa shape index (κ2) is 4.70. The summed E-state index contributed by atoms with van der Waals surface area (Å²) in [5.41, 5.74) is 3.02. The number of rotatable bonds is 3. The molecule has 0 aliphatic rings. The number of aromatic nitrogens is 3. The maximum Gasteiger partial charge on any atom is 0.125 e. The summed E-state index contributed by atoms with van der Waals surface area (Å²) in [5, 5.41) is 3.30. The van der Waals surface area contributed by atoms with Gasteiger partial charge in [0.1, 0.15) is 5.82 Å². The van der Waals surface area contributed by atoms with E-state index in [1.54, 1.807) is 12.4 Å². The second-order valence-electron chi connectivity index (χ2n) is 3.59. The molecule has 2 aromatic rings. The van der Waals surface area contributed by atoms with Gasteiger partial charge >= 0.3 is 0 Å². The van der Waals surface area contributed by atoms with Crippen LogP contribution in [0.25, 0.3) is 0 Å². The van der Waals surface area contributed by atoms with Gasteiger partial charge in [-0.1, -0.05) is 0 Å². The van der Waals surface area contributed by atoms with E-state index in [2.05, 4.69) is 20.3 Å². The molecule has 2 aromatic heterocycles. The maximum absolute atomic E-state index is 4.32. The molecule has 0 spiro atoms. The Labute approximate surface area is 94.8 Å². The molecule has 0 radical (unpaired) electrons. The van der Waals surface area contributed by atoms with E-state index in [9.17, 15) is 0 Å². The minimum absolute atomic E-state index is 0.690. The molecule has 0 saturated carbocycles. The standard InChI is InChI=1S/C12H14N4/c1-9-12(4-3-6-13-9)15-8-11-5-7-14-10(2)16-11/h3-7,15H,8H2,1-2H3. The molecule has 1 N–H and O–H groups in total. The van der Waals surface area contributed by atoms with Crippen molar-refractivity contribution in [3.8, 4) is 0 Å². The molecular weight excluding hydrogens is 200 g/mol. The van der Waals surface area contributed by atoms with E-state index in [1.165, 1.54) is 0 Å². The first-order chi connectivity index (χ1) is 7.75. The average molecular weight is 214 g/mol. The van der Waals surface area contributed by atoms with Crippen molar-refractivity contribution in [2.24, 2.45) is 0 Å². The van der Waals surface area contributed by atoms with Crippen LogP contribution < -0.4 is 5.32 Å². The predicted octanol–water partition coefficient (Wildman–Crippen LogP) is 2.10. The Balaban J connectivity index is 2.05. The van der Waals surface area contributed by atoms with E-state index in [1.807, 2.05) is 32.0 Å². The SMILES string of the molecule is Cc1nccc(CNc2cccnc2C)n1. The molecule has 0 aromatic carbocycles. The van der Waals surface area contributed by atoms with Crippen molar-refractivity contribution in [2.45, 2.75) is 20.4 Å². The second-order valence-corrected chi connectivity index (χ2v) is 3.59. The Morgan fingerprint density at radius 2 is 2.00 bits per heavy atom. The van der Waals surface area contributed by atoms with Crippen LogP contribution in [0.4, 0.5) is 5.69 Å². The molecule has 0 aliphatic carbocycles. The molecular formula is C12H14N4. The average Bonchev–Trinajstić information content (AvgIpc) is 2.28. The first-order valence-electron chi connectivity index (χ1n) is 5.20. The first kappa shape index (κ1) is 10.5. The number of hydrogen-bond acceptors (Lipinski definition) is 4. The third-order valence-corrected chi connectivity index (χ3v) is 2.30. The van der Waals surface area contributed by atoms with Gasteiger partial charge in [0.05, 0.1) is 23.6 Å². The lowest BCUT2D eigenvalue weighted by atomic mass is 10.3. The summed E-state index contributed by atoms with van der Waals surface area (Å²) < 4.78 is 0. The zero-order chi connectivity index (χ0) is 11.4. The molecule has 82 valence electrons. The van der Waals surface area contributed by atoms with E-state index < -0.39 is 0 Å². The summed E-state index contributed by atoms with van der Waals surface area (Å²) in [6.45, 7) is 4.56.